The molecule has 2 aliphatic rings. The summed E-state index contributed by atoms with van der Waals surface area (Å²) in [5.41, 5.74) is 0.414. The van der Waals surface area contributed by atoms with Crippen molar-refractivity contribution in [1.29, 1.82) is 0 Å². The van der Waals surface area contributed by atoms with Gasteiger partial charge >= 0.3 is 0 Å². The van der Waals surface area contributed by atoms with Crippen LogP contribution in [0.1, 0.15) is 81.0 Å². The van der Waals surface area contributed by atoms with Gasteiger partial charge in [-0.25, -0.2) is 0 Å². The molecule has 0 aliphatic heterocycles. The number of aromatic hydroxyl groups is 1. The average Bonchev–Trinajstić information content (AvgIpc) is 2.93. The van der Waals surface area contributed by atoms with Crippen LogP contribution in [0.15, 0.2) is 4.79 Å². The molecule has 0 saturated heterocycles. The van der Waals surface area contributed by atoms with E-state index in [4.69, 9.17) is 0 Å². The lowest BCUT2D eigenvalue weighted by molar-refractivity contribution is 0.401. The minimum Gasteiger partial charge on any atom is -0.493 e. The number of nitrogens with one attached hydrogen (secondary N) is 1. The van der Waals surface area contributed by atoms with Gasteiger partial charge in [0.05, 0.1) is 5.56 Å². The monoisotopic (exact) mass is 262 g/mol. The van der Waals surface area contributed by atoms with Gasteiger partial charge in [-0.2, -0.15) is 4.98 Å². The highest BCUT2D eigenvalue weighted by atomic mass is 16.3. The van der Waals surface area contributed by atoms with Gasteiger partial charge in [0.15, 0.2) is 0 Å². The Hall–Kier alpha value is -1.32. The van der Waals surface area contributed by atoms with Gasteiger partial charge in [0, 0.05) is 5.92 Å². The Labute approximate surface area is 113 Å². The van der Waals surface area contributed by atoms with E-state index in [0.29, 0.717) is 17.3 Å². The number of aromatic amines is 1. The van der Waals surface area contributed by atoms with Crippen LogP contribution >= 0.6 is 0 Å². The topological polar surface area (TPSA) is 66.0 Å². The van der Waals surface area contributed by atoms with Crippen molar-refractivity contribution < 1.29 is 5.11 Å². The van der Waals surface area contributed by atoms with E-state index in [-0.39, 0.29) is 17.4 Å². The van der Waals surface area contributed by atoms with Crippen LogP contribution in [0.3, 0.4) is 0 Å². The maximum atomic E-state index is 12.2. The summed E-state index contributed by atoms with van der Waals surface area (Å²) in [6.45, 7) is 0. The van der Waals surface area contributed by atoms with Gasteiger partial charge in [0.1, 0.15) is 5.82 Å². The summed E-state index contributed by atoms with van der Waals surface area (Å²) < 4.78 is 0. The number of hydrogen-bond acceptors (Lipinski definition) is 3. The Bertz CT molecular complexity index is 497. The highest BCUT2D eigenvalue weighted by molar-refractivity contribution is 5.28. The van der Waals surface area contributed by atoms with Crippen LogP contribution in [0, 0.1) is 0 Å². The molecule has 2 N–H and O–H groups in total. The van der Waals surface area contributed by atoms with Gasteiger partial charge < -0.3 is 10.1 Å². The first-order valence-corrected chi connectivity index (χ1v) is 7.59. The third-order valence-electron chi connectivity index (χ3n) is 4.71. The molecule has 0 aromatic carbocycles. The average molecular weight is 262 g/mol. The molecule has 2 saturated carbocycles. The van der Waals surface area contributed by atoms with Gasteiger partial charge in [0.25, 0.3) is 5.56 Å². The van der Waals surface area contributed by atoms with Crippen molar-refractivity contribution in [2.24, 2.45) is 0 Å². The summed E-state index contributed by atoms with van der Waals surface area (Å²) in [4.78, 5) is 19.5. The molecule has 0 amide bonds. The fraction of sp³-hybridized carbons (Fsp3) is 0.733. The molecule has 104 valence electrons. The van der Waals surface area contributed by atoms with Gasteiger partial charge in [-0.1, -0.05) is 32.1 Å². The van der Waals surface area contributed by atoms with Crippen LogP contribution in [0.25, 0.3) is 0 Å². The Morgan fingerprint density at radius 1 is 0.947 bits per heavy atom. The van der Waals surface area contributed by atoms with Crippen LogP contribution < -0.4 is 5.56 Å². The molecule has 1 heterocycles. The summed E-state index contributed by atoms with van der Waals surface area (Å²) in [6, 6.07) is 0. The summed E-state index contributed by atoms with van der Waals surface area (Å²) in [6.07, 6.45) is 10.1. The van der Waals surface area contributed by atoms with Crippen LogP contribution in [-0.4, -0.2) is 15.1 Å². The third kappa shape index (κ3) is 2.53. The van der Waals surface area contributed by atoms with Crippen molar-refractivity contribution in [3.8, 4) is 5.88 Å². The Kier molecular flexibility index (Phi) is 3.58. The summed E-state index contributed by atoms with van der Waals surface area (Å²) in [5, 5.41) is 10.1. The number of nitrogens with zero attached hydrogens (tertiary/aromatic N) is 1. The number of aromatic nitrogens is 2. The standard InChI is InChI=1S/C15H22N2O2/c18-14-12(10-6-4-5-7-10)15(19)17-13(16-14)11-8-2-1-3-9-11/h10-11H,1-9H2,(H2,16,17,18,19). The molecular weight excluding hydrogens is 240 g/mol. The van der Waals surface area contributed by atoms with E-state index >= 15 is 0 Å². The van der Waals surface area contributed by atoms with E-state index in [1.807, 2.05) is 0 Å². The lowest BCUT2D eigenvalue weighted by Gasteiger charge is -2.21. The lowest BCUT2D eigenvalue weighted by atomic mass is 9.88. The molecular formula is C15H22N2O2. The SMILES string of the molecule is O=c1[nH]c(C2CCCCC2)nc(O)c1C1CCCC1. The number of H-pyrrole nitrogens is 1. The minimum absolute atomic E-state index is 0.0174. The second kappa shape index (κ2) is 5.35. The first-order valence-electron chi connectivity index (χ1n) is 7.59. The molecule has 4 nitrogen and oxygen atoms in total. The highest BCUT2D eigenvalue weighted by Crippen LogP contribution is 2.36. The van der Waals surface area contributed by atoms with Crippen molar-refractivity contribution in [3.63, 3.8) is 0 Å². The molecule has 0 spiro atoms. The van der Waals surface area contributed by atoms with Crippen LogP contribution in [0.2, 0.25) is 0 Å². The predicted molar refractivity (Wildman–Crippen MR) is 73.6 cm³/mol. The summed E-state index contributed by atoms with van der Waals surface area (Å²) in [7, 11) is 0. The fourth-order valence-electron chi connectivity index (χ4n) is 3.64. The zero-order chi connectivity index (χ0) is 13.2. The molecule has 0 bridgehead atoms. The molecule has 1 aromatic heterocycles. The first kappa shape index (κ1) is 12.7. The molecule has 0 radical (unpaired) electrons. The quantitative estimate of drug-likeness (QED) is 0.860. The minimum atomic E-state index is -0.111. The van der Waals surface area contributed by atoms with Crippen LogP contribution in [0.5, 0.6) is 5.88 Å². The van der Waals surface area contributed by atoms with E-state index in [1.165, 1.54) is 19.3 Å². The zero-order valence-corrected chi connectivity index (χ0v) is 11.3. The van der Waals surface area contributed by atoms with E-state index in [1.54, 1.807) is 0 Å². The second-order valence-electron chi connectivity index (χ2n) is 6.00. The number of rotatable bonds is 2. The molecule has 2 fully saturated rings. The third-order valence-corrected chi connectivity index (χ3v) is 4.71. The fourth-order valence-corrected chi connectivity index (χ4v) is 3.64. The van der Waals surface area contributed by atoms with Crippen molar-refractivity contribution in [2.75, 3.05) is 0 Å². The Morgan fingerprint density at radius 3 is 2.16 bits per heavy atom. The maximum absolute atomic E-state index is 12.2. The smallest absolute Gasteiger partial charge is 0.258 e. The molecule has 1 aromatic rings. The Balaban J connectivity index is 1.90. The largest absolute Gasteiger partial charge is 0.493 e. The second-order valence-corrected chi connectivity index (χ2v) is 6.00. The van der Waals surface area contributed by atoms with Crippen LogP contribution in [0.4, 0.5) is 0 Å². The molecule has 4 heteroatoms. The van der Waals surface area contributed by atoms with E-state index in [0.717, 1.165) is 38.5 Å². The Morgan fingerprint density at radius 2 is 1.53 bits per heavy atom. The molecule has 0 atom stereocenters. The normalized spacial score (nSPS) is 21.9. The highest BCUT2D eigenvalue weighted by Gasteiger charge is 2.26. The molecule has 3 rings (SSSR count). The zero-order valence-electron chi connectivity index (χ0n) is 11.3. The van der Waals surface area contributed by atoms with Crippen molar-refractivity contribution in [3.05, 3.63) is 21.7 Å². The lowest BCUT2D eigenvalue weighted by Crippen LogP contribution is -2.21. The van der Waals surface area contributed by atoms with Crippen molar-refractivity contribution in [1.82, 2.24) is 9.97 Å². The predicted octanol–water partition coefficient (Wildman–Crippen LogP) is 3.18. The van der Waals surface area contributed by atoms with E-state index in [9.17, 15) is 9.90 Å². The van der Waals surface area contributed by atoms with E-state index in [2.05, 4.69) is 9.97 Å². The molecule has 19 heavy (non-hydrogen) atoms. The maximum Gasteiger partial charge on any atom is 0.258 e. The van der Waals surface area contributed by atoms with Gasteiger partial charge in [-0.15, -0.1) is 0 Å². The van der Waals surface area contributed by atoms with Gasteiger partial charge in [0.2, 0.25) is 5.88 Å². The first-order chi connectivity index (χ1) is 9.25. The van der Waals surface area contributed by atoms with Crippen molar-refractivity contribution >= 4 is 0 Å². The van der Waals surface area contributed by atoms with E-state index < -0.39 is 0 Å². The summed E-state index contributed by atoms with van der Waals surface area (Å²) in [5.74, 6) is 1.21. The van der Waals surface area contributed by atoms with Gasteiger partial charge in [-0.3, -0.25) is 4.79 Å². The van der Waals surface area contributed by atoms with Gasteiger partial charge in [-0.05, 0) is 31.6 Å². The van der Waals surface area contributed by atoms with Crippen molar-refractivity contribution in [2.45, 2.75) is 69.6 Å². The van der Waals surface area contributed by atoms with Crippen LogP contribution in [-0.2, 0) is 0 Å². The molecule has 2 aliphatic carbocycles. The summed E-state index contributed by atoms with van der Waals surface area (Å²) >= 11 is 0. The molecule has 0 unspecified atom stereocenters. The number of hydrogen-bond donors (Lipinski definition) is 2.